The Bertz CT molecular complexity index is 456. The molecule has 0 amide bonds. The molecule has 0 aromatic heterocycles. The Hall–Kier alpha value is -0.780. The fraction of sp³-hybridized carbons (Fsp3) is 0.538. The van der Waals surface area contributed by atoms with Gasteiger partial charge in [0.2, 0.25) is 0 Å². The molecule has 1 saturated heterocycles. The number of alkyl halides is 3. The number of nitrogens with one attached hydrogen (secondary N) is 1. The molecule has 1 aromatic carbocycles. The van der Waals surface area contributed by atoms with Gasteiger partial charge in [-0.1, -0.05) is 17.7 Å². The van der Waals surface area contributed by atoms with E-state index in [2.05, 4.69) is 5.32 Å². The van der Waals surface area contributed by atoms with Gasteiger partial charge in [-0.15, -0.1) is 0 Å². The fourth-order valence-electron chi connectivity index (χ4n) is 2.47. The van der Waals surface area contributed by atoms with Gasteiger partial charge in [0, 0.05) is 7.11 Å². The predicted molar refractivity (Wildman–Crippen MR) is 67.2 cm³/mol. The Kier molecular flexibility index (Phi) is 4.08. The van der Waals surface area contributed by atoms with Gasteiger partial charge in [0.05, 0.1) is 16.2 Å². The zero-order valence-corrected chi connectivity index (χ0v) is 11.2. The fourth-order valence-corrected chi connectivity index (χ4v) is 2.69. The summed E-state index contributed by atoms with van der Waals surface area (Å²) in [5.74, 6) is 0. The molecular weight excluding hydrogens is 279 g/mol. The van der Waals surface area contributed by atoms with E-state index in [1.54, 1.807) is 6.07 Å². The second kappa shape index (κ2) is 5.31. The molecule has 0 saturated carbocycles. The van der Waals surface area contributed by atoms with Gasteiger partial charge in [-0.3, -0.25) is 0 Å². The third-order valence-corrected chi connectivity index (χ3v) is 3.93. The first-order valence-corrected chi connectivity index (χ1v) is 6.40. The lowest BCUT2D eigenvalue weighted by molar-refractivity contribution is -0.137. The van der Waals surface area contributed by atoms with Crippen molar-refractivity contribution < 1.29 is 17.9 Å². The highest BCUT2D eigenvalue weighted by atomic mass is 35.5. The Labute approximate surface area is 114 Å². The van der Waals surface area contributed by atoms with Gasteiger partial charge in [0.25, 0.3) is 0 Å². The molecule has 2 rings (SSSR count). The average Bonchev–Trinajstić information content (AvgIpc) is 2.38. The average molecular weight is 294 g/mol. The van der Waals surface area contributed by atoms with E-state index in [-0.39, 0.29) is 5.02 Å². The maximum Gasteiger partial charge on any atom is 0.417 e. The second-order valence-corrected chi connectivity index (χ2v) is 5.05. The van der Waals surface area contributed by atoms with Gasteiger partial charge in [-0.25, -0.2) is 0 Å². The van der Waals surface area contributed by atoms with Crippen LogP contribution in [0.2, 0.25) is 5.02 Å². The number of methoxy groups -OCH3 is 1. The van der Waals surface area contributed by atoms with Gasteiger partial charge >= 0.3 is 6.18 Å². The molecule has 0 spiro atoms. The van der Waals surface area contributed by atoms with E-state index >= 15 is 0 Å². The van der Waals surface area contributed by atoms with Crippen LogP contribution in [0.15, 0.2) is 18.2 Å². The van der Waals surface area contributed by atoms with Crippen LogP contribution in [-0.2, 0) is 16.5 Å². The van der Waals surface area contributed by atoms with Crippen LogP contribution < -0.4 is 5.32 Å². The molecular formula is C13H15ClF3NO. The van der Waals surface area contributed by atoms with E-state index in [4.69, 9.17) is 16.3 Å². The Balaban J connectivity index is 2.44. The minimum absolute atomic E-state index is 0.281. The molecule has 19 heavy (non-hydrogen) atoms. The highest BCUT2D eigenvalue weighted by Crippen LogP contribution is 2.40. The number of hydrogen-bond acceptors (Lipinski definition) is 2. The van der Waals surface area contributed by atoms with Gasteiger partial charge < -0.3 is 10.1 Å². The maximum absolute atomic E-state index is 12.9. The molecule has 0 atom stereocenters. The van der Waals surface area contributed by atoms with Gasteiger partial charge in [0.1, 0.15) is 0 Å². The van der Waals surface area contributed by atoms with Crippen molar-refractivity contribution in [1.29, 1.82) is 0 Å². The Morgan fingerprint density at radius 1 is 1.26 bits per heavy atom. The van der Waals surface area contributed by atoms with Gasteiger partial charge in [-0.05, 0) is 43.6 Å². The van der Waals surface area contributed by atoms with Crippen molar-refractivity contribution in [3.05, 3.63) is 34.3 Å². The number of hydrogen-bond donors (Lipinski definition) is 1. The molecule has 2 nitrogen and oxygen atoms in total. The Morgan fingerprint density at radius 2 is 1.89 bits per heavy atom. The number of ether oxygens (including phenoxy) is 1. The number of piperidine rings is 1. The molecule has 1 heterocycles. The number of benzene rings is 1. The zero-order valence-electron chi connectivity index (χ0n) is 10.5. The van der Waals surface area contributed by atoms with E-state index in [9.17, 15) is 13.2 Å². The Morgan fingerprint density at radius 3 is 2.42 bits per heavy atom. The normalized spacial score (nSPS) is 19.4. The van der Waals surface area contributed by atoms with Crippen molar-refractivity contribution in [3.8, 4) is 0 Å². The van der Waals surface area contributed by atoms with Gasteiger partial charge in [-0.2, -0.15) is 13.2 Å². The molecule has 0 radical (unpaired) electrons. The summed E-state index contributed by atoms with van der Waals surface area (Å²) >= 11 is 5.64. The van der Waals surface area contributed by atoms with Crippen LogP contribution in [0.4, 0.5) is 13.2 Å². The van der Waals surface area contributed by atoms with Crippen LogP contribution >= 0.6 is 11.6 Å². The summed E-state index contributed by atoms with van der Waals surface area (Å²) in [6.07, 6.45) is -3.17. The summed E-state index contributed by atoms with van der Waals surface area (Å²) in [4.78, 5) is 0. The van der Waals surface area contributed by atoms with Crippen LogP contribution in [0, 0.1) is 0 Å². The molecule has 0 bridgehead atoms. The molecule has 1 N–H and O–H groups in total. The first-order chi connectivity index (χ1) is 8.89. The summed E-state index contributed by atoms with van der Waals surface area (Å²) in [5.41, 5.74) is -0.926. The smallest absolute Gasteiger partial charge is 0.373 e. The SMILES string of the molecule is COC1(c2ccc(Cl)c(C(F)(F)F)c2)CCNCC1. The van der Waals surface area contributed by atoms with Crippen molar-refractivity contribution in [2.24, 2.45) is 0 Å². The molecule has 6 heteroatoms. The lowest BCUT2D eigenvalue weighted by Crippen LogP contribution is -2.41. The van der Waals surface area contributed by atoms with Crippen LogP contribution in [0.3, 0.4) is 0 Å². The third kappa shape index (κ3) is 2.88. The van der Waals surface area contributed by atoms with Gasteiger partial charge in [0.15, 0.2) is 0 Å². The molecule has 1 aliphatic heterocycles. The van der Waals surface area contributed by atoms with E-state index in [0.29, 0.717) is 18.4 Å². The lowest BCUT2D eigenvalue weighted by Gasteiger charge is -2.37. The molecule has 0 aliphatic carbocycles. The minimum Gasteiger partial charge on any atom is -0.373 e. The van der Waals surface area contributed by atoms with E-state index in [1.165, 1.54) is 13.2 Å². The van der Waals surface area contributed by atoms with Crippen molar-refractivity contribution in [2.75, 3.05) is 20.2 Å². The number of halogens is 4. The third-order valence-electron chi connectivity index (χ3n) is 3.60. The largest absolute Gasteiger partial charge is 0.417 e. The quantitative estimate of drug-likeness (QED) is 0.900. The van der Waals surface area contributed by atoms with Crippen LogP contribution in [0.1, 0.15) is 24.0 Å². The maximum atomic E-state index is 12.9. The first kappa shape index (κ1) is 14.6. The summed E-state index contributed by atoms with van der Waals surface area (Å²) < 4.78 is 44.2. The van der Waals surface area contributed by atoms with Crippen LogP contribution in [0.5, 0.6) is 0 Å². The van der Waals surface area contributed by atoms with Crippen LogP contribution in [0.25, 0.3) is 0 Å². The molecule has 1 fully saturated rings. The topological polar surface area (TPSA) is 21.3 Å². The van der Waals surface area contributed by atoms with E-state index in [1.807, 2.05) is 0 Å². The standard InChI is InChI=1S/C13H15ClF3NO/c1-19-12(4-6-18-7-5-12)9-2-3-11(14)10(8-9)13(15,16)17/h2-3,8,18H,4-7H2,1H3. The van der Waals surface area contributed by atoms with Crippen molar-refractivity contribution >= 4 is 11.6 Å². The summed E-state index contributed by atoms with van der Waals surface area (Å²) in [6.45, 7) is 1.44. The van der Waals surface area contributed by atoms with Crippen molar-refractivity contribution in [1.82, 2.24) is 5.32 Å². The second-order valence-electron chi connectivity index (χ2n) is 4.64. The molecule has 1 aromatic rings. The molecule has 1 aliphatic rings. The summed E-state index contributed by atoms with van der Waals surface area (Å²) in [5, 5.41) is 2.89. The van der Waals surface area contributed by atoms with E-state index < -0.39 is 17.3 Å². The van der Waals surface area contributed by atoms with Crippen molar-refractivity contribution in [3.63, 3.8) is 0 Å². The zero-order chi connectivity index (χ0) is 14.1. The van der Waals surface area contributed by atoms with E-state index in [0.717, 1.165) is 19.2 Å². The first-order valence-electron chi connectivity index (χ1n) is 6.02. The molecule has 0 unspecified atom stereocenters. The number of rotatable bonds is 2. The lowest BCUT2D eigenvalue weighted by atomic mass is 9.84. The van der Waals surface area contributed by atoms with Crippen molar-refractivity contribution in [2.45, 2.75) is 24.6 Å². The monoisotopic (exact) mass is 293 g/mol. The predicted octanol–water partition coefficient (Wildman–Crippen LogP) is 3.58. The summed E-state index contributed by atoms with van der Waals surface area (Å²) in [6, 6.07) is 4.02. The van der Waals surface area contributed by atoms with Crippen LogP contribution in [-0.4, -0.2) is 20.2 Å². The molecule has 106 valence electrons. The minimum atomic E-state index is -4.45. The highest BCUT2D eigenvalue weighted by molar-refractivity contribution is 6.31. The summed E-state index contributed by atoms with van der Waals surface area (Å²) in [7, 11) is 1.53. The highest BCUT2D eigenvalue weighted by Gasteiger charge is 2.38.